The van der Waals surface area contributed by atoms with Crippen molar-refractivity contribution in [2.75, 3.05) is 6.54 Å². The van der Waals surface area contributed by atoms with Gasteiger partial charge < -0.3 is 0 Å². The van der Waals surface area contributed by atoms with Crippen molar-refractivity contribution in [3.63, 3.8) is 0 Å². The topological polar surface area (TPSA) is 48.8 Å². The molecule has 0 aliphatic carbocycles. The smallest absolute Gasteiger partial charge is 0.0292 e. The first-order valence-corrected chi connectivity index (χ1v) is 5.81. The van der Waals surface area contributed by atoms with Gasteiger partial charge in [0.05, 0.1) is 0 Å². The summed E-state index contributed by atoms with van der Waals surface area (Å²) in [5, 5.41) is 4.33. The highest BCUT2D eigenvalue weighted by molar-refractivity contribution is 9.08. The molecule has 0 spiro atoms. The maximum absolute atomic E-state index is 8.08. The molecule has 0 aliphatic rings. The summed E-state index contributed by atoms with van der Waals surface area (Å²) in [7, 11) is 0. The van der Waals surface area contributed by atoms with Gasteiger partial charge in [0.25, 0.3) is 0 Å². The third kappa shape index (κ3) is 4.68. The molecule has 3 nitrogen and oxygen atoms in total. The Morgan fingerprint density at radius 1 is 1.47 bits per heavy atom. The number of rotatable bonds is 5. The molecule has 0 bridgehead atoms. The standard InChI is InChI=1S/C11H12BrN3/c12-9-11-6-3-5-10(8-11)4-1-2-7-14-15-13/h1,3-6,8H,2,7,9H2. The molecule has 0 aliphatic heterocycles. The van der Waals surface area contributed by atoms with Gasteiger partial charge in [-0.3, -0.25) is 0 Å². The van der Waals surface area contributed by atoms with E-state index in [2.05, 4.69) is 44.2 Å². The maximum Gasteiger partial charge on any atom is 0.0292 e. The number of hydrogen-bond donors (Lipinski definition) is 0. The van der Waals surface area contributed by atoms with Crippen LogP contribution in [0.1, 0.15) is 17.5 Å². The fourth-order valence-electron chi connectivity index (χ4n) is 1.18. The molecule has 1 aromatic rings. The maximum atomic E-state index is 8.08. The van der Waals surface area contributed by atoms with Crippen LogP contribution in [0.3, 0.4) is 0 Å². The van der Waals surface area contributed by atoms with Crippen LogP contribution in [-0.4, -0.2) is 6.54 Å². The molecule has 78 valence electrons. The van der Waals surface area contributed by atoms with E-state index in [1.54, 1.807) is 0 Å². The highest BCUT2D eigenvalue weighted by atomic mass is 79.9. The van der Waals surface area contributed by atoms with E-state index >= 15 is 0 Å². The lowest BCUT2D eigenvalue weighted by Gasteiger charge is -1.97. The van der Waals surface area contributed by atoms with Crippen molar-refractivity contribution in [1.82, 2.24) is 0 Å². The van der Waals surface area contributed by atoms with Crippen LogP contribution in [-0.2, 0) is 5.33 Å². The Balaban J connectivity index is 2.52. The Morgan fingerprint density at radius 2 is 2.33 bits per heavy atom. The van der Waals surface area contributed by atoms with Gasteiger partial charge >= 0.3 is 0 Å². The average Bonchev–Trinajstić information content (AvgIpc) is 2.29. The molecule has 4 heteroatoms. The van der Waals surface area contributed by atoms with E-state index in [9.17, 15) is 0 Å². The lowest BCUT2D eigenvalue weighted by molar-refractivity contribution is 0.995. The first-order chi connectivity index (χ1) is 7.36. The molecular weight excluding hydrogens is 254 g/mol. The number of halogens is 1. The van der Waals surface area contributed by atoms with Crippen molar-refractivity contribution in [3.8, 4) is 0 Å². The Kier molecular flexibility index (Phi) is 5.59. The van der Waals surface area contributed by atoms with Crippen LogP contribution in [0.5, 0.6) is 0 Å². The lowest BCUT2D eigenvalue weighted by atomic mass is 10.1. The van der Waals surface area contributed by atoms with Gasteiger partial charge in [0, 0.05) is 16.8 Å². The molecule has 0 unspecified atom stereocenters. The molecule has 0 radical (unpaired) electrons. The first kappa shape index (κ1) is 11.8. The van der Waals surface area contributed by atoms with Crippen LogP contribution in [0.2, 0.25) is 0 Å². The summed E-state index contributed by atoms with van der Waals surface area (Å²) < 4.78 is 0. The van der Waals surface area contributed by atoms with Crippen molar-refractivity contribution < 1.29 is 0 Å². The van der Waals surface area contributed by atoms with Gasteiger partial charge in [-0.05, 0) is 23.1 Å². The molecule has 0 saturated heterocycles. The normalized spacial score (nSPS) is 10.2. The lowest BCUT2D eigenvalue weighted by Crippen LogP contribution is -1.79. The summed E-state index contributed by atoms with van der Waals surface area (Å²) in [5.74, 6) is 0. The fourth-order valence-corrected chi connectivity index (χ4v) is 1.53. The molecule has 1 aromatic carbocycles. The van der Waals surface area contributed by atoms with Crippen molar-refractivity contribution in [3.05, 3.63) is 51.9 Å². The van der Waals surface area contributed by atoms with E-state index in [0.29, 0.717) is 6.54 Å². The molecule has 0 fully saturated rings. The van der Waals surface area contributed by atoms with Crippen LogP contribution in [0, 0.1) is 0 Å². The SMILES string of the molecule is [N-]=[N+]=NCCC=Cc1cccc(CBr)c1. The second-order valence-corrected chi connectivity index (χ2v) is 3.58. The minimum absolute atomic E-state index is 0.519. The average molecular weight is 266 g/mol. The summed E-state index contributed by atoms with van der Waals surface area (Å²) in [6.45, 7) is 0.519. The number of alkyl halides is 1. The highest BCUT2D eigenvalue weighted by Crippen LogP contribution is 2.10. The van der Waals surface area contributed by atoms with E-state index in [0.717, 1.165) is 11.8 Å². The van der Waals surface area contributed by atoms with E-state index in [4.69, 9.17) is 5.53 Å². The van der Waals surface area contributed by atoms with Gasteiger partial charge in [0.2, 0.25) is 0 Å². The molecule has 1 rings (SSSR count). The van der Waals surface area contributed by atoms with Gasteiger partial charge in [-0.25, -0.2) is 0 Å². The van der Waals surface area contributed by atoms with Gasteiger partial charge in [0.1, 0.15) is 0 Å². The van der Waals surface area contributed by atoms with Gasteiger partial charge in [-0.1, -0.05) is 57.5 Å². The summed E-state index contributed by atoms with van der Waals surface area (Å²) in [6.07, 6.45) is 4.84. The van der Waals surface area contributed by atoms with E-state index in [1.165, 1.54) is 11.1 Å². The Labute approximate surface area is 97.6 Å². The third-order valence-electron chi connectivity index (χ3n) is 1.87. The zero-order chi connectivity index (χ0) is 10.9. The van der Waals surface area contributed by atoms with Crippen molar-refractivity contribution in [1.29, 1.82) is 0 Å². The minimum atomic E-state index is 0.519. The summed E-state index contributed by atoms with van der Waals surface area (Å²) >= 11 is 3.41. The zero-order valence-electron chi connectivity index (χ0n) is 8.31. The number of benzene rings is 1. The molecule has 0 aromatic heterocycles. The number of azide groups is 1. The third-order valence-corrected chi connectivity index (χ3v) is 2.52. The predicted octanol–water partition coefficient (Wildman–Crippen LogP) is 4.30. The molecule has 0 N–H and O–H groups in total. The molecule has 0 heterocycles. The number of nitrogens with zero attached hydrogens (tertiary/aromatic N) is 3. The predicted molar refractivity (Wildman–Crippen MR) is 66.7 cm³/mol. The van der Waals surface area contributed by atoms with Crippen LogP contribution in [0.15, 0.2) is 35.5 Å². The molecular formula is C11H12BrN3. The van der Waals surface area contributed by atoms with Crippen molar-refractivity contribution in [2.45, 2.75) is 11.8 Å². The highest BCUT2D eigenvalue weighted by Gasteiger charge is 1.90. The van der Waals surface area contributed by atoms with Gasteiger partial charge in [0.15, 0.2) is 0 Å². The monoisotopic (exact) mass is 265 g/mol. The largest absolute Gasteiger partial charge is 0.0937 e. The Bertz CT molecular complexity index is 381. The van der Waals surface area contributed by atoms with Crippen LogP contribution >= 0.6 is 15.9 Å². The first-order valence-electron chi connectivity index (χ1n) is 4.69. The van der Waals surface area contributed by atoms with Crippen molar-refractivity contribution in [2.24, 2.45) is 5.11 Å². The second-order valence-electron chi connectivity index (χ2n) is 3.02. The minimum Gasteiger partial charge on any atom is -0.0937 e. The van der Waals surface area contributed by atoms with Crippen molar-refractivity contribution >= 4 is 22.0 Å². The van der Waals surface area contributed by atoms with Gasteiger partial charge in [-0.2, -0.15) is 0 Å². The summed E-state index contributed by atoms with van der Waals surface area (Å²) in [4.78, 5) is 2.69. The summed E-state index contributed by atoms with van der Waals surface area (Å²) in [6, 6.07) is 8.28. The molecule has 0 atom stereocenters. The second kappa shape index (κ2) is 7.10. The van der Waals surface area contributed by atoms with E-state index in [-0.39, 0.29) is 0 Å². The molecule has 0 saturated carbocycles. The number of hydrogen-bond acceptors (Lipinski definition) is 1. The Hall–Kier alpha value is -1.25. The van der Waals surface area contributed by atoms with Crippen LogP contribution in [0.25, 0.3) is 16.5 Å². The van der Waals surface area contributed by atoms with Gasteiger partial charge in [-0.15, -0.1) is 0 Å². The Morgan fingerprint density at radius 3 is 3.07 bits per heavy atom. The van der Waals surface area contributed by atoms with E-state index in [1.807, 2.05) is 18.2 Å². The van der Waals surface area contributed by atoms with Crippen LogP contribution < -0.4 is 0 Å². The zero-order valence-corrected chi connectivity index (χ0v) is 9.89. The fraction of sp³-hybridized carbons (Fsp3) is 0.273. The quantitative estimate of drug-likeness (QED) is 0.251. The molecule has 0 amide bonds. The van der Waals surface area contributed by atoms with E-state index < -0.39 is 0 Å². The van der Waals surface area contributed by atoms with Crippen LogP contribution in [0.4, 0.5) is 0 Å². The summed E-state index contributed by atoms with van der Waals surface area (Å²) in [5.41, 5.74) is 10.5. The molecule has 15 heavy (non-hydrogen) atoms.